The molecule has 0 fully saturated rings. The predicted molar refractivity (Wildman–Crippen MR) is 125 cm³/mol. The van der Waals surface area contributed by atoms with Gasteiger partial charge in [-0.25, -0.2) is 24.3 Å². The molecule has 1 amide bonds. The Kier molecular flexibility index (Phi) is 6.63. The largest absolute Gasteiger partial charge is 0.370 e. The highest BCUT2D eigenvalue weighted by Gasteiger charge is 2.17. The maximum atomic E-state index is 14.2. The number of aromatic nitrogens is 5. The summed E-state index contributed by atoms with van der Waals surface area (Å²) in [6.45, 7) is 3.28. The number of carbonyl (C=O) groups is 1. The van der Waals surface area contributed by atoms with Gasteiger partial charge in [-0.3, -0.25) is 9.78 Å². The molecule has 3 heterocycles. The van der Waals surface area contributed by atoms with E-state index in [2.05, 4.69) is 40.9 Å². The first kappa shape index (κ1) is 22.0. The van der Waals surface area contributed by atoms with E-state index in [0.29, 0.717) is 41.3 Å². The molecule has 33 heavy (non-hydrogen) atoms. The van der Waals surface area contributed by atoms with Gasteiger partial charge in [-0.15, -0.1) is 0 Å². The first-order valence-electron chi connectivity index (χ1n) is 10.5. The van der Waals surface area contributed by atoms with Gasteiger partial charge >= 0.3 is 0 Å². The van der Waals surface area contributed by atoms with Crippen molar-refractivity contribution in [1.29, 1.82) is 0 Å². The van der Waals surface area contributed by atoms with Crippen LogP contribution in [0, 0.1) is 5.82 Å². The Morgan fingerprint density at radius 2 is 1.85 bits per heavy atom. The van der Waals surface area contributed by atoms with Gasteiger partial charge in [-0.1, -0.05) is 18.2 Å². The van der Waals surface area contributed by atoms with E-state index in [4.69, 9.17) is 0 Å². The summed E-state index contributed by atoms with van der Waals surface area (Å²) in [5.41, 5.74) is 2.98. The van der Waals surface area contributed by atoms with Crippen molar-refractivity contribution in [2.24, 2.45) is 0 Å². The molecule has 0 spiro atoms. The number of pyridine rings is 1. The fourth-order valence-electron chi connectivity index (χ4n) is 3.46. The zero-order valence-electron chi connectivity index (χ0n) is 18.3. The van der Waals surface area contributed by atoms with Gasteiger partial charge in [0.15, 0.2) is 5.82 Å². The van der Waals surface area contributed by atoms with Gasteiger partial charge < -0.3 is 16.0 Å². The van der Waals surface area contributed by atoms with Crippen LogP contribution >= 0.6 is 0 Å². The molecule has 0 aliphatic heterocycles. The molecule has 3 N–H and O–H groups in total. The summed E-state index contributed by atoms with van der Waals surface area (Å²) >= 11 is 0. The van der Waals surface area contributed by atoms with E-state index in [1.165, 1.54) is 13.4 Å². The van der Waals surface area contributed by atoms with Crippen LogP contribution in [0.25, 0.3) is 22.2 Å². The highest BCUT2D eigenvalue weighted by Crippen LogP contribution is 2.23. The van der Waals surface area contributed by atoms with Crippen LogP contribution in [0.15, 0.2) is 49.2 Å². The van der Waals surface area contributed by atoms with Gasteiger partial charge in [0.05, 0.1) is 23.0 Å². The van der Waals surface area contributed by atoms with Gasteiger partial charge in [-0.2, -0.15) is 0 Å². The molecule has 0 bridgehead atoms. The molecule has 0 atom stereocenters. The lowest BCUT2D eigenvalue weighted by molar-refractivity contribution is 0.0961. The summed E-state index contributed by atoms with van der Waals surface area (Å²) in [5.74, 6) is 0.0946. The van der Waals surface area contributed by atoms with E-state index in [1.54, 1.807) is 24.5 Å². The maximum absolute atomic E-state index is 14.2. The summed E-state index contributed by atoms with van der Waals surface area (Å²) in [6.07, 6.45) is 6.59. The van der Waals surface area contributed by atoms with Crippen LogP contribution in [0.3, 0.4) is 0 Å². The van der Waals surface area contributed by atoms with Crippen molar-refractivity contribution in [2.75, 3.05) is 30.8 Å². The second kappa shape index (κ2) is 9.94. The molecule has 4 rings (SSSR count). The Bertz CT molecular complexity index is 1280. The van der Waals surface area contributed by atoms with E-state index in [9.17, 15) is 9.18 Å². The normalized spacial score (nSPS) is 10.8. The van der Waals surface area contributed by atoms with Crippen LogP contribution in [0.4, 0.5) is 16.2 Å². The Hall–Kier alpha value is -4.21. The molecule has 0 aliphatic rings. The summed E-state index contributed by atoms with van der Waals surface area (Å²) in [5, 5.41) is 9.29. The number of rotatable bonds is 8. The molecule has 0 aliphatic carbocycles. The van der Waals surface area contributed by atoms with Gasteiger partial charge in [0.2, 0.25) is 5.95 Å². The molecule has 10 heteroatoms. The number of carbonyl (C=O) groups excluding carboxylic acids is 1. The number of hydrogen-bond donors (Lipinski definition) is 3. The fourth-order valence-corrected chi connectivity index (χ4v) is 3.46. The van der Waals surface area contributed by atoms with Crippen LogP contribution in [-0.4, -0.2) is 51.0 Å². The lowest BCUT2D eigenvalue weighted by atomic mass is 10.0. The number of amides is 1. The molecular formula is C23H23FN8O. The Balaban J connectivity index is 1.49. The lowest BCUT2D eigenvalue weighted by Crippen LogP contribution is -2.20. The van der Waals surface area contributed by atoms with Crippen LogP contribution in [0.1, 0.15) is 22.8 Å². The minimum Gasteiger partial charge on any atom is -0.370 e. The van der Waals surface area contributed by atoms with Gasteiger partial charge in [-0.05, 0) is 18.9 Å². The molecule has 0 saturated carbocycles. The van der Waals surface area contributed by atoms with E-state index in [-0.39, 0.29) is 5.56 Å². The second-order valence-electron chi connectivity index (χ2n) is 7.16. The van der Waals surface area contributed by atoms with Gasteiger partial charge in [0, 0.05) is 49.5 Å². The van der Waals surface area contributed by atoms with Gasteiger partial charge in [0.1, 0.15) is 12.1 Å². The third kappa shape index (κ3) is 4.84. The number of para-hydroxylation sites is 1. The first-order chi connectivity index (χ1) is 16.1. The molecule has 3 aromatic heterocycles. The Morgan fingerprint density at radius 3 is 2.61 bits per heavy atom. The minimum atomic E-state index is -0.645. The van der Waals surface area contributed by atoms with Crippen LogP contribution in [0.2, 0.25) is 0 Å². The van der Waals surface area contributed by atoms with Crippen molar-refractivity contribution in [3.05, 3.63) is 66.1 Å². The third-order valence-electron chi connectivity index (χ3n) is 5.04. The van der Waals surface area contributed by atoms with E-state index >= 15 is 0 Å². The number of fused-ring (bicyclic) bond motifs is 1. The maximum Gasteiger partial charge on any atom is 0.254 e. The average Bonchev–Trinajstić information content (AvgIpc) is 2.84. The average molecular weight is 446 g/mol. The molecule has 9 nitrogen and oxygen atoms in total. The molecule has 0 radical (unpaired) electrons. The van der Waals surface area contributed by atoms with Crippen molar-refractivity contribution in [3.8, 4) is 11.3 Å². The Morgan fingerprint density at radius 1 is 1.03 bits per heavy atom. The lowest BCUT2D eigenvalue weighted by Gasteiger charge is -2.11. The molecule has 0 unspecified atom stereocenters. The summed E-state index contributed by atoms with van der Waals surface area (Å²) in [6, 6.07) is 7.24. The van der Waals surface area contributed by atoms with E-state index in [0.717, 1.165) is 23.9 Å². The summed E-state index contributed by atoms with van der Waals surface area (Å²) < 4.78 is 14.2. The molecule has 4 aromatic rings. The topological polar surface area (TPSA) is 118 Å². The standard InChI is InChI=1S/C23H23FN8O/c1-3-26-23-29-10-15(11-30-23)18-9-19(32-13-31-18)27-8-7-14-5-4-6-16-20(22(33)25-2)17(24)12-28-21(14)16/h4-6,9-13H,3,7-8H2,1-2H3,(H,25,33)(H,26,29,30)(H,27,31,32). The monoisotopic (exact) mass is 446 g/mol. The zero-order chi connectivity index (χ0) is 23.2. The molecule has 1 aromatic carbocycles. The minimum absolute atomic E-state index is 0.000116. The van der Waals surface area contributed by atoms with Crippen molar-refractivity contribution in [1.82, 2.24) is 30.2 Å². The highest BCUT2D eigenvalue weighted by molar-refractivity contribution is 6.06. The number of halogens is 1. The molecule has 168 valence electrons. The van der Waals surface area contributed by atoms with Crippen molar-refractivity contribution in [2.45, 2.75) is 13.3 Å². The second-order valence-corrected chi connectivity index (χ2v) is 7.16. The van der Waals surface area contributed by atoms with Crippen LogP contribution in [0.5, 0.6) is 0 Å². The fraction of sp³-hybridized carbons (Fsp3) is 0.217. The number of anilines is 2. The summed E-state index contributed by atoms with van der Waals surface area (Å²) in [4.78, 5) is 33.5. The van der Waals surface area contributed by atoms with Crippen molar-refractivity contribution in [3.63, 3.8) is 0 Å². The Labute approximate surface area is 189 Å². The van der Waals surface area contributed by atoms with E-state index < -0.39 is 11.7 Å². The molecule has 0 saturated heterocycles. The number of hydrogen-bond acceptors (Lipinski definition) is 8. The predicted octanol–water partition coefficient (Wildman–Crippen LogP) is 3.07. The van der Waals surface area contributed by atoms with Crippen molar-refractivity contribution >= 4 is 28.6 Å². The SMILES string of the molecule is CCNc1ncc(-c2cc(NCCc3cccc4c(C(=O)NC)c(F)cnc34)ncn2)cn1. The number of nitrogens with one attached hydrogen (secondary N) is 3. The highest BCUT2D eigenvalue weighted by atomic mass is 19.1. The van der Waals surface area contributed by atoms with Crippen LogP contribution < -0.4 is 16.0 Å². The first-order valence-corrected chi connectivity index (χ1v) is 10.5. The number of benzene rings is 1. The van der Waals surface area contributed by atoms with E-state index in [1.807, 2.05) is 19.1 Å². The van der Waals surface area contributed by atoms with Crippen LogP contribution in [-0.2, 0) is 6.42 Å². The van der Waals surface area contributed by atoms with Gasteiger partial charge in [0.25, 0.3) is 5.91 Å². The molecular weight excluding hydrogens is 423 g/mol. The summed E-state index contributed by atoms with van der Waals surface area (Å²) in [7, 11) is 1.47. The quantitative estimate of drug-likeness (QED) is 0.378. The third-order valence-corrected chi connectivity index (χ3v) is 5.04. The zero-order valence-corrected chi connectivity index (χ0v) is 18.3. The number of nitrogens with zero attached hydrogens (tertiary/aromatic N) is 5. The van der Waals surface area contributed by atoms with Crippen molar-refractivity contribution < 1.29 is 9.18 Å². The smallest absolute Gasteiger partial charge is 0.254 e.